The van der Waals surface area contributed by atoms with Crippen molar-refractivity contribution in [2.24, 2.45) is 0 Å². The number of esters is 1. The fraction of sp³-hybridized carbons (Fsp3) is 0.571. The number of rotatable bonds is 6. The predicted octanol–water partition coefficient (Wildman–Crippen LogP) is 3.06. The first-order valence-corrected chi connectivity index (χ1v) is 9.69. The largest absolute Gasteiger partial charge is 0.479 e. The smallest absolute Gasteiger partial charge is 0.347 e. The van der Waals surface area contributed by atoms with E-state index < -0.39 is 30.6 Å². The quantitative estimate of drug-likeness (QED) is 0.728. The van der Waals surface area contributed by atoms with Gasteiger partial charge in [-0.3, -0.25) is 10.1 Å². The number of nitrogens with one attached hydrogen (secondary N) is 2. The van der Waals surface area contributed by atoms with Gasteiger partial charge in [0, 0.05) is 6.04 Å². The zero-order chi connectivity index (χ0) is 20.7. The Labute approximate surface area is 166 Å². The molecule has 0 aliphatic heterocycles. The monoisotopic (exact) mass is 390 g/mol. The molecule has 1 aromatic carbocycles. The van der Waals surface area contributed by atoms with Crippen LogP contribution in [0.3, 0.4) is 0 Å². The maximum Gasteiger partial charge on any atom is 0.347 e. The number of carbonyl (C=O) groups is 3. The molecule has 1 aromatic rings. The number of ether oxygens (including phenoxy) is 2. The van der Waals surface area contributed by atoms with Gasteiger partial charge in [0.25, 0.3) is 5.91 Å². The van der Waals surface area contributed by atoms with Crippen molar-refractivity contribution in [3.05, 3.63) is 29.8 Å². The highest BCUT2D eigenvalue weighted by Crippen LogP contribution is 2.24. The van der Waals surface area contributed by atoms with Crippen molar-refractivity contribution in [2.75, 3.05) is 6.61 Å². The van der Waals surface area contributed by atoms with Crippen molar-refractivity contribution in [2.45, 2.75) is 70.9 Å². The summed E-state index contributed by atoms with van der Waals surface area (Å²) in [6, 6.07) is 7.03. The van der Waals surface area contributed by atoms with Crippen LogP contribution in [0.1, 0.15) is 58.9 Å². The summed E-state index contributed by atoms with van der Waals surface area (Å²) in [5, 5.41) is 4.90. The van der Waals surface area contributed by atoms with Crippen LogP contribution in [0, 0.1) is 0 Å². The third kappa shape index (κ3) is 6.87. The van der Waals surface area contributed by atoms with Gasteiger partial charge in [-0.1, -0.05) is 45.7 Å². The number of hydrogen-bond donors (Lipinski definition) is 2. The van der Waals surface area contributed by atoms with Gasteiger partial charge < -0.3 is 14.8 Å². The molecule has 0 unspecified atom stereocenters. The minimum Gasteiger partial charge on any atom is -0.479 e. The molecule has 3 amide bonds. The molecule has 28 heavy (non-hydrogen) atoms. The molecule has 154 valence electrons. The van der Waals surface area contributed by atoms with Crippen molar-refractivity contribution < 1.29 is 23.9 Å². The molecule has 0 saturated heterocycles. The number of urea groups is 1. The first-order valence-electron chi connectivity index (χ1n) is 9.69. The number of hydrogen-bond acceptors (Lipinski definition) is 5. The molecule has 0 bridgehead atoms. The summed E-state index contributed by atoms with van der Waals surface area (Å²) >= 11 is 0. The Kier molecular flexibility index (Phi) is 7.43. The second-order valence-corrected chi connectivity index (χ2v) is 8.15. The Morgan fingerprint density at radius 3 is 2.29 bits per heavy atom. The van der Waals surface area contributed by atoms with Gasteiger partial charge in [0.15, 0.2) is 12.7 Å². The van der Waals surface area contributed by atoms with Gasteiger partial charge in [-0.15, -0.1) is 0 Å². The molecule has 1 aliphatic carbocycles. The lowest BCUT2D eigenvalue weighted by Crippen LogP contribution is -2.45. The average molecular weight is 390 g/mol. The van der Waals surface area contributed by atoms with Crippen molar-refractivity contribution in [1.82, 2.24) is 10.6 Å². The first kappa shape index (κ1) is 21.7. The SMILES string of the molecule is C[C@H](Oc1ccc(C(C)(C)C)cc1)C(=O)OCC(=O)NC(=O)NC1CCCC1. The number of amides is 3. The maximum absolute atomic E-state index is 12.0. The Hall–Kier alpha value is -2.57. The molecule has 1 saturated carbocycles. The van der Waals surface area contributed by atoms with E-state index in [1.54, 1.807) is 19.1 Å². The van der Waals surface area contributed by atoms with Crippen LogP contribution < -0.4 is 15.4 Å². The summed E-state index contributed by atoms with van der Waals surface area (Å²) < 4.78 is 10.5. The first-order chi connectivity index (χ1) is 13.1. The molecule has 2 N–H and O–H groups in total. The van der Waals surface area contributed by atoms with Gasteiger partial charge in [-0.25, -0.2) is 9.59 Å². The normalized spacial score (nSPS) is 15.6. The van der Waals surface area contributed by atoms with E-state index >= 15 is 0 Å². The molecule has 0 aromatic heterocycles. The molecule has 0 spiro atoms. The third-order valence-corrected chi connectivity index (χ3v) is 4.65. The summed E-state index contributed by atoms with van der Waals surface area (Å²) in [5.74, 6) is -0.810. The summed E-state index contributed by atoms with van der Waals surface area (Å²) in [4.78, 5) is 35.5. The molecular weight excluding hydrogens is 360 g/mol. The molecule has 2 rings (SSSR count). The minimum absolute atomic E-state index is 0.0283. The van der Waals surface area contributed by atoms with Gasteiger partial charge in [-0.05, 0) is 42.9 Å². The summed E-state index contributed by atoms with van der Waals surface area (Å²) in [7, 11) is 0. The van der Waals surface area contributed by atoms with Crippen molar-refractivity contribution in [3.63, 3.8) is 0 Å². The Balaban J connectivity index is 1.72. The zero-order valence-electron chi connectivity index (χ0n) is 17.0. The molecule has 7 nitrogen and oxygen atoms in total. The third-order valence-electron chi connectivity index (χ3n) is 4.65. The van der Waals surface area contributed by atoms with Crippen LogP contribution in [0.25, 0.3) is 0 Å². The second kappa shape index (κ2) is 9.57. The standard InChI is InChI=1S/C21H30N2O5/c1-14(28-17-11-9-15(10-12-17)21(2,3)4)19(25)27-13-18(24)23-20(26)22-16-7-5-6-8-16/h9-12,14,16H,5-8,13H2,1-4H3,(H2,22,23,24,26)/t14-/m0/s1. The van der Waals surface area contributed by atoms with E-state index in [-0.39, 0.29) is 11.5 Å². The fourth-order valence-corrected chi connectivity index (χ4v) is 2.99. The maximum atomic E-state index is 12.0. The van der Waals surface area contributed by atoms with Crippen molar-refractivity contribution in [1.29, 1.82) is 0 Å². The molecule has 0 heterocycles. The van der Waals surface area contributed by atoms with Crippen LogP contribution in [0.4, 0.5) is 4.79 Å². The lowest BCUT2D eigenvalue weighted by Gasteiger charge is -2.20. The minimum atomic E-state index is -0.874. The Bertz CT molecular complexity index is 688. The molecule has 1 fully saturated rings. The van der Waals surface area contributed by atoms with Crippen LogP contribution in [-0.4, -0.2) is 36.7 Å². The van der Waals surface area contributed by atoms with Crippen molar-refractivity contribution >= 4 is 17.9 Å². The molecule has 1 atom stereocenters. The lowest BCUT2D eigenvalue weighted by atomic mass is 9.87. The van der Waals surface area contributed by atoms with Gasteiger partial charge >= 0.3 is 12.0 Å². The number of carbonyl (C=O) groups excluding carboxylic acids is 3. The highest BCUT2D eigenvalue weighted by Gasteiger charge is 2.21. The van der Waals surface area contributed by atoms with Gasteiger partial charge in [0.1, 0.15) is 5.75 Å². The number of imide groups is 1. The van der Waals surface area contributed by atoms with E-state index in [9.17, 15) is 14.4 Å². The van der Waals surface area contributed by atoms with Crippen LogP contribution in [0.5, 0.6) is 5.75 Å². The van der Waals surface area contributed by atoms with Crippen LogP contribution >= 0.6 is 0 Å². The Morgan fingerprint density at radius 1 is 1.11 bits per heavy atom. The highest BCUT2D eigenvalue weighted by atomic mass is 16.6. The summed E-state index contributed by atoms with van der Waals surface area (Å²) in [5.41, 5.74) is 1.18. The van der Waals surface area contributed by atoms with E-state index in [4.69, 9.17) is 9.47 Å². The summed E-state index contributed by atoms with van der Waals surface area (Å²) in [6.45, 7) is 7.35. The van der Waals surface area contributed by atoms with Crippen LogP contribution in [0.2, 0.25) is 0 Å². The van der Waals surface area contributed by atoms with E-state index in [2.05, 4.69) is 31.4 Å². The van der Waals surface area contributed by atoms with E-state index in [0.717, 1.165) is 31.2 Å². The van der Waals surface area contributed by atoms with E-state index in [0.29, 0.717) is 5.75 Å². The van der Waals surface area contributed by atoms with E-state index in [1.165, 1.54) is 0 Å². The van der Waals surface area contributed by atoms with Gasteiger partial charge in [-0.2, -0.15) is 0 Å². The van der Waals surface area contributed by atoms with Crippen LogP contribution in [-0.2, 0) is 19.7 Å². The second-order valence-electron chi connectivity index (χ2n) is 8.15. The van der Waals surface area contributed by atoms with Crippen LogP contribution in [0.15, 0.2) is 24.3 Å². The molecule has 0 radical (unpaired) electrons. The topological polar surface area (TPSA) is 93.7 Å². The molecular formula is C21H30N2O5. The zero-order valence-corrected chi connectivity index (χ0v) is 17.0. The highest BCUT2D eigenvalue weighted by molar-refractivity contribution is 5.95. The summed E-state index contributed by atoms with van der Waals surface area (Å²) in [6.07, 6.45) is 3.12. The van der Waals surface area contributed by atoms with Gasteiger partial charge in [0.2, 0.25) is 0 Å². The van der Waals surface area contributed by atoms with Crippen molar-refractivity contribution in [3.8, 4) is 5.75 Å². The average Bonchev–Trinajstić information content (AvgIpc) is 3.12. The predicted molar refractivity (Wildman–Crippen MR) is 105 cm³/mol. The fourth-order valence-electron chi connectivity index (χ4n) is 2.99. The van der Waals surface area contributed by atoms with Gasteiger partial charge in [0.05, 0.1) is 0 Å². The Morgan fingerprint density at radius 2 is 1.71 bits per heavy atom. The van der Waals surface area contributed by atoms with E-state index in [1.807, 2.05) is 12.1 Å². The molecule has 1 aliphatic rings. The lowest BCUT2D eigenvalue weighted by molar-refractivity contribution is -0.154. The molecule has 7 heteroatoms. The number of benzene rings is 1.